The summed E-state index contributed by atoms with van der Waals surface area (Å²) in [6.45, 7) is 2.86. The largest absolute Gasteiger partial charge is 0.337 e. The molecule has 1 N–H and O–H groups in total. The van der Waals surface area contributed by atoms with E-state index in [0.29, 0.717) is 46.5 Å². The molecule has 0 fully saturated rings. The molecule has 0 atom stereocenters. The zero-order chi connectivity index (χ0) is 15.0. The van der Waals surface area contributed by atoms with Gasteiger partial charge in [0, 0.05) is 25.1 Å². The van der Waals surface area contributed by atoms with Gasteiger partial charge in [0.05, 0.1) is 14.9 Å². The molecule has 0 saturated heterocycles. The average Bonchev–Trinajstić information content (AvgIpc) is 2.75. The molecular weight excluding hydrogens is 310 g/mol. The maximum absolute atomic E-state index is 12.4. The number of thiophene rings is 1. The smallest absolute Gasteiger partial charge is 0.263 e. The molecule has 7 heteroatoms. The number of nitrogens with one attached hydrogen (secondary N) is 1. The molecule has 2 aromatic rings. The highest BCUT2D eigenvalue weighted by Gasteiger charge is 2.23. The lowest BCUT2D eigenvalue weighted by Crippen LogP contribution is -2.32. The summed E-state index contributed by atoms with van der Waals surface area (Å²) in [5.41, 5.74) is 1.40. The summed E-state index contributed by atoms with van der Waals surface area (Å²) in [6, 6.07) is 3.46. The molecule has 1 aliphatic rings. The van der Waals surface area contributed by atoms with Gasteiger partial charge in [0.2, 0.25) is 0 Å². The Morgan fingerprint density at radius 1 is 1.38 bits per heavy atom. The first-order chi connectivity index (χ1) is 10.0. The summed E-state index contributed by atoms with van der Waals surface area (Å²) >= 11 is 7.16. The monoisotopic (exact) mass is 323 g/mol. The first kappa shape index (κ1) is 14.3. The third-order valence-corrected chi connectivity index (χ3v) is 4.76. The number of halogens is 1. The van der Waals surface area contributed by atoms with Crippen LogP contribution in [0.2, 0.25) is 4.34 Å². The normalized spacial score (nSPS) is 14.7. The number of carbonyl (C=O) groups is 1. The Kier molecular flexibility index (Phi) is 3.82. The van der Waals surface area contributed by atoms with Crippen LogP contribution in [0, 0.1) is 6.92 Å². The Morgan fingerprint density at radius 2 is 2.14 bits per heavy atom. The van der Waals surface area contributed by atoms with Crippen molar-refractivity contribution < 1.29 is 4.79 Å². The summed E-state index contributed by atoms with van der Waals surface area (Å²) in [7, 11) is 0. The molecule has 2 aromatic heterocycles. The molecule has 0 unspecified atom stereocenters. The van der Waals surface area contributed by atoms with E-state index >= 15 is 0 Å². The van der Waals surface area contributed by atoms with Gasteiger partial charge in [0.1, 0.15) is 5.82 Å². The lowest BCUT2D eigenvalue weighted by molar-refractivity contribution is 0.0767. The molecule has 0 bridgehead atoms. The first-order valence-electron chi connectivity index (χ1n) is 6.68. The number of carbonyl (C=O) groups excluding carboxylic acids is 1. The maximum atomic E-state index is 12.4. The Labute approximate surface area is 130 Å². The van der Waals surface area contributed by atoms with Crippen LogP contribution < -0.4 is 5.56 Å². The highest BCUT2D eigenvalue weighted by molar-refractivity contribution is 7.17. The molecule has 3 rings (SSSR count). The summed E-state index contributed by atoms with van der Waals surface area (Å²) in [4.78, 5) is 33.9. The van der Waals surface area contributed by atoms with Crippen molar-refractivity contribution in [3.05, 3.63) is 48.8 Å². The minimum absolute atomic E-state index is 0.0344. The SMILES string of the molecule is Cc1nc2c(c(=O)[nH]1)CCN(C(=O)c1ccc(Cl)s1)CC2. The molecule has 21 heavy (non-hydrogen) atoms. The van der Waals surface area contributed by atoms with E-state index in [0.717, 1.165) is 5.69 Å². The van der Waals surface area contributed by atoms with Crippen LogP contribution in [0.25, 0.3) is 0 Å². The van der Waals surface area contributed by atoms with Crippen molar-refractivity contribution in [3.8, 4) is 0 Å². The van der Waals surface area contributed by atoms with Crippen molar-refractivity contribution >= 4 is 28.8 Å². The van der Waals surface area contributed by atoms with Crippen molar-refractivity contribution in [2.24, 2.45) is 0 Å². The molecule has 0 saturated carbocycles. The average molecular weight is 324 g/mol. The van der Waals surface area contributed by atoms with Crippen LogP contribution in [0.4, 0.5) is 0 Å². The minimum atomic E-state index is -0.0917. The van der Waals surface area contributed by atoms with E-state index in [4.69, 9.17) is 11.6 Å². The van der Waals surface area contributed by atoms with Crippen LogP contribution in [0.5, 0.6) is 0 Å². The summed E-state index contributed by atoms with van der Waals surface area (Å²) < 4.78 is 0.602. The Bertz CT molecular complexity index is 753. The molecule has 0 radical (unpaired) electrons. The second kappa shape index (κ2) is 5.61. The van der Waals surface area contributed by atoms with E-state index in [1.807, 2.05) is 0 Å². The van der Waals surface area contributed by atoms with Crippen LogP contribution in [0.1, 0.15) is 26.8 Å². The molecule has 0 spiro atoms. The number of aryl methyl sites for hydroxylation is 1. The number of amides is 1. The van der Waals surface area contributed by atoms with Gasteiger partial charge in [-0.05, 0) is 25.5 Å². The van der Waals surface area contributed by atoms with Crippen LogP contribution in [0.15, 0.2) is 16.9 Å². The fraction of sp³-hybridized carbons (Fsp3) is 0.357. The van der Waals surface area contributed by atoms with Crippen LogP contribution in [-0.4, -0.2) is 33.9 Å². The second-order valence-electron chi connectivity index (χ2n) is 4.97. The van der Waals surface area contributed by atoms with Gasteiger partial charge in [-0.3, -0.25) is 9.59 Å². The molecule has 110 valence electrons. The summed E-state index contributed by atoms with van der Waals surface area (Å²) in [5.74, 6) is 0.580. The fourth-order valence-electron chi connectivity index (χ4n) is 2.52. The maximum Gasteiger partial charge on any atom is 0.263 e. The lowest BCUT2D eigenvalue weighted by Gasteiger charge is -2.19. The van der Waals surface area contributed by atoms with Crippen molar-refractivity contribution in [2.75, 3.05) is 13.1 Å². The number of H-pyrrole nitrogens is 1. The molecule has 1 aliphatic heterocycles. The number of nitrogens with zero attached hydrogens (tertiary/aromatic N) is 2. The van der Waals surface area contributed by atoms with Gasteiger partial charge in [-0.2, -0.15) is 0 Å². The summed E-state index contributed by atoms with van der Waals surface area (Å²) in [6.07, 6.45) is 1.13. The van der Waals surface area contributed by atoms with Crippen molar-refractivity contribution in [2.45, 2.75) is 19.8 Å². The zero-order valence-corrected chi connectivity index (χ0v) is 13.1. The van der Waals surface area contributed by atoms with E-state index in [-0.39, 0.29) is 11.5 Å². The predicted molar refractivity (Wildman–Crippen MR) is 82.2 cm³/mol. The Balaban J connectivity index is 1.83. The molecule has 5 nitrogen and oxygen atoms in total. The van der Waals surface area contributed by atoms with Gasteiger partial charge in [-0.15, -0.1) is 11.3 Å². The molecule has 1 amide bonds. The van der Waals surface area contributed by atoms with E-state index in [1.54, 1.807) is 24.0 Å². The second-order valence-corrected chi connectivity index (χ2v) is 6.69. The highest BCUT2D eigenvalue weighted by Crippen LogP contribution is 2.23. The van der Waals surface area contributed by atoms with E-state index in [9.17, 15) is 9.59 Å². The van der Waals surface area contributed by atoms with Gasteiger partial charge < -0.3 is 9.88 Å². The first-order valence-corrected chi connectivity index (χ1v) is 7.87. The van der Waals surface area contributed by atoms with E-state index in [1.165, 1.54) is 11.3 Å². The van der Waals surface area contributed by atoms with Gasteiger partial charge >= 0.3 is 0 Å². The van der Waals surface area contributed by atoms with Crippen LogP contribution >= 0.6 is 22.9 Å². The van der Waals surface area contributed by atoms with Crippen LogP contribution in [0.3, 0.4) is 0 Å². The van der Waals surface area contributed by atoms with Crippen molar-refractivity contribution in [1.82, 2.24) is 14.9 Å². The molecule has 0 aromatic carbocycles. The molecule has 3 heterocycles. The zero-order valence-electron chi connectivity index (χ0n) is 11.5. The van der Waals surface area contributed by atoms with Gasteiger partial charge in [0.15, 0.2) is 0 Å². The minimum Gasteiger partial charge on any atom is -0.337 e. The Morgan fingerprint density at radius 3 is 2.86 bits per heavy atom. The summed E-state index contributed by atoms with van der Waals surface area (Å²) in [5, 5.41) is 0. The van der Waals surface area contributed by atoms with E-state index < -0.39 is 0 Å². The third kappa shape index (κ3) is 2.87. The number of hydrogen-bond donors (Lipinski definition) is 1. The topological polar surface area (TPSA) is 66.1 Å². The fourth-order valence-corrected chi connectivity index (χ4v) is 3.53. The van der Waals surface area contributed by atoms with Crippen molar-refractivity contribution in [3.63, 3.8) is 0 Å². The highest BCUT2D eigenvalue weighted by atomic mass is 35.5. The lowest BCUT2D eigenvalue weighted by atomic mass is 10.1. The number of rotatable bonds is 1. The Hall–Kier alpha value is -1.66. The molecule has 0 aliphatic carbocycles. The van der Waals surface area contributed by atoms with Crippen LogP contribution in [-0.2, 0) is 12.8 Å². The number of fused-ring (bicyclic) bond motifs is 1. The van der Waals surface area contributed by atoms with Gasteiger partial charge in [-0.25, -0.2) is 4.98 Å². The van der Waals surface area contributed by atoms with E-state index in [2.05, 4.69) is 9.97 Å². The number of hydrogen-bond acceptors (Lipinski definition) is 4. The predicted octanol–water partition coefficient (Wildman–Crippen LogP) is 2.03. The van der Waals surface area contributed by atoms with Gasteiger partial charge in [-0.1, -0.05) is 11.6 Å². The number of aromatic amines is 1. The standard InChI is InChI=1S/C14H14ClN3O2S/c1-8-16-10-5-7-18(6-4-9(10)13(19)17-8)14(20)11-2-3-12(15)21-11/h2-3H,4-7H2,1H3,(H,16,17,19). The quantitative estimate of drug-likeness (QED) is 0.873. The van der Waals surface area contributed by atoms with Crippen molar-refractivity contribution in [1.29, 1.82) is 0 Å². The van der Waals surface area contributed by atoms with Gasteiger partial charge in [0.25, 0.3) is 11.5 Å². The molecular formula is C14H14ClN3O2S. The number of aromatic nitrogens is 2. The third-order valence-electron chi connectivity index (χ3n) is 3.54.